The van der Waals surface area contributed by atoms with Crippen LogP contribution in [0, 0.1) is 10.8 Å². The molecule has 0 aromatic rings. The van der Waals surface area contributed by atoms with Gasteiger partial charge in [0.1, 0.15) is 0 Å². The average molecular weight is 254 g/mol. The minimum Gasteiger partial charge on any atom is -0.387 e. The third-order valence-corrected chi connectivity index (χ3v) is 2.57. The number of nitrogens with one attached hydrogen (secondary N) is 1. The topological polar surface area (TPSA) is 59.1 Å². The summed E-state index contributed by atoms with van der Waals surface area (Å²) in [4.78, 5) is 0. The molecule has 0 unspecified atom stereocenters. The third-order valence-electron chi connectivity index (χ3n) is 2.57. The molecule has 0 saturated heterocycles. The van der Waals surface area contributed by atoms with Gasteiger partial charge in [-0.1, -0.05) is 13.8 Å². The number of hydrogen-bond donors (Lipinski definition) is 2. The molecule has 0 rings (SSSR count). The first-order valence-corrected chi connectivity index (χ1v) is 5.64. The van der Waals surface area contributed by atoms with Crippen LogP contribution in [0.1, 0.15) is 39.5 Å². The minimum atomic E-state index is -4.10. The van der Waals surface area contributed by atoms with Crippen LogP contribution in [-0.2, 0) is 4.74 Å². The largest absolute Gasteiger partial charge is 0.389 e. The highest BCUT2D eigenvalue weighted by molar-refractivity contribution is 5.82. The number of rotatable bonds is 8. The molecule has 3 nitrogen and oxygen atoms in total. The van der Waals surface area contributed by atoms with Crippen LogP contribution in [0.25, 0.3) is 0 Å². The van der Waals surface area contributed by atoms with E-state index in [0.717, 1.165) is 0 Å². The lowest BCUT2D eigenvalue weighted by Crippen LogP contribution is -2.31. The van der Waals surface area contributed by atoms with Crippen LogP contribution in [0.4, 0.5) is 13.2 Å². The van der Waals surface area contributed by atoms with Crippen molar-refractivity contribution in [2.24, 2.45) is 11.1 Å². The summed E-state index contributed by atoms with van der Waals surface area (Å²) in [5.74, 6) is 0.120. The Morgan fingerprint density at radius 2 is 1.59 bits per heavy atom. The van der Waals surface area contributed by atoms with Gasteiger partial charge in [0, 0.05) is 25.0 Å². The Balaban J connectivity index is 3.45. The third kappa shape index (κ3) is 8.97. The second kappa shape index (κ2) is 6.83. The first kappa shape index (κ1) is 16.2. The Morgan fingerprint density at radius 3 is 2.00 bits per heavy atom. The van der Waals surface area contributed by atoms with Gasteiger partial charge in [0.25, 0.3) is 0 Å². The summed E-state index contributed by atoms with van der Waals surface area (Å²) in [6, 6.07) is 0. The van der Waals surface area contributed by atoms with Crippen LogP contribution in [0.5, 0.6) is 0 Å². The van der Waals surface area contributed by atoms with Crippen LogP contribution in [0.15, 0.2) is 0 Å². The highest BCUT2D eigenvalue weighted by Gasteiger charge is 2.26. The monoisotopic (exact) mass is 254 g/mol. The van der Waals surface area contributed by atoms with Crippen molar-refractivity contribution in [3.63, 3.8) is 0 Å². The first-order chi connectivity index (χ1) is 7.65. The van der Waals surface area contributed by atoms with Crippen molar-refractivity contribution < 1.29 is 17.9 Å². The van der Waals surface area contributed by atoms with E-state index < -0.39 is 12.6 Å². The molecular weight excluding hydrogens is 233 g/mol. The summed E-state index contributed by atoms with van der Waals surface area (Å²) in [6.07, 6.45) is -3.51. The Hall–Kier alpha value is -0.780. The summed E-state index contributed by atoms with van der Waals surface area (Å²) in [6.45, 7) is 4.26. The summed E-state index contributed by atoms with van der Waals surface area (Å²) in [7, 11) is 0. The molecule has 0 spiro atoms. The molecule has 0 heterocycles. The molecule has 0 radical (unpaired) electrons. The van der Waals surface area contributed by atoms with Gasteiger partial charge in [-0.05, 0) is 19.3 Å². The predicted molar refractivity (Wildman–Crippen MR) is 61.0 cm³/mol. The molecule has 6 heteroatoms. The second-order valence-corrected chi connectivity index (χ2v) is 4.73. The number of alkyl halides is 3. The van der Waals surface area contributed by atoms with E-state index in [4.69, 9.17) is 15.9 Å². The molecule has 0 amide bonds. The average Bonchev–Trinajstić information content (AvgIpc) is 2.14. The highest BCUT2D eigenvalue weighted by atomic mass is 19.4. The molecule has 0 aliphatic carbocycles. The standard InChI is InChI=1S/C11H21F3N2O/c1-10(2,9(15)16)5-3-7-17-8-4-6-11(12,13)14/h3-8H2,1-2H3,(H3,15,16). The minimum absolute atomic E-state index is 0.000396. The van der Waals surface area contributed by atoms with Crippen LogP contribution in [0.2, 0.25) is 0 Å². The quantitative estimate of drug-likeness (QED) is 0.397. The number of amidine groups is 1. The molecule has 0 aliphatic rings. The summed E-state index contributed by atoms with van der Waals surface area (Å²) in [5, 5.41) is 7.32. The zero-order chi connectivity index (χ0) is 13.5. The SMILES string of the molecule is CC(C)(CCCOCCCC(F)(F)F)C(=N)N. The summed E-state index contributed by atoms with van der Waals surface area (Å²) in [5.41, 5.74) is 5.03. The van der Waals surface area contributed by atoms with E-state index in [0.29, 0.717) is 19.4 Å². The van der Waals surface area contributed by atoms with Crippen LogP contribution < -0.4 is 5.73 Å². The van der Waals surface area contributed by atoms with Gasteiger partial charge in [0.2, 0.25) is 0 Å². The normalized spacial score (nSPS) is 12.8. The second-order valence-electron chi connectivity index (χ2n) is 4.73. The van der Waals surface area contributed by atoms with Gasteiger partial charge < -0.3 is 10.5 Å². The zero-order valence-corrected chi connectivity index (χ0v) is 10.4. The Labute approximate surface area is 100 Å². The molecule has 3 N–H and O–H groups in total. The first-order valence-electron chi connectivity index (χ1n) is 5.64. The van der Waals surface area contributed by atoms with E-state index in [2.05, 4.69) is 0 Å². The number of nitrogens with two attached hydrogens (primary N) is 1. The Morgan fingerprint density at radius 1 is 1.12 bits per heavy atom. The van der Waals surface area contributed by atoms with E-state index in [1.54, 1.807) is 0 Å². The van der Waals surface area contributed by atoms with E-state index in [1.165, 1.54) is 0 Å². The van der Waals surface area contributed by atoms with Gasteiger partial charge in [-0.25, -0.2) is 0 Å². The lowest BCUT2D eigenvalue weighted by atomic mass is 9.87. The zero-order valence-electron chi connectivity index (χ0n) is 10.4. The number of hydrogen-bond acceptors (Lipinski definition) is 2. The smallest absolute Gasteiger partial charge is 0.387 e. The van der Waals surface area contributed by atoms with Crippen molar-refractivity contribution >= 4 is 5.84 Å². The summed E-state index contributed by atoms with van der Waals surface area (Å²) >= 11 is 0. The fourth-order valence-electron chi connectivity index (χ4n) is 1.23. The highest BCUT2D eigenvalue weighted by Crippen LogP contribution is 2.22. The van der Waals surface area contributed by atoms with Crippen LogP contribution in [0.3, 0.4) is 0 Å². The van der Waals surface area contributed by atoms with Crippen molar-refractivity contribution in [1.29, 1.82) is 5.41 Å². The van der Waals surface area contributed by atoms with Crippen molar-refractivity contribution in [3.05, 3.63) is 0 Å². The number of halogens is 3. The van der Waals surface area contributed by atoms with Crippen molar-refractivity contribution in [1.82, 2.24) is 0 Å². The van der Waals surface area contributed by atoms with Crippen molar-refractivity contribution in [3.8, 4) is 0 Å². The van der Waals surface area contributed by atoms with E-state index in [9.17, 15) is 13.2 Å². The van der Waals surface area contributed by atoms with Gasteiger partial charge in [0.05, 0.1) is 5.84 Å². The number of ether oxygens (including phenoxy) is 1. The lowest BCUT2D eigenvalue weighted by molar-refractivity contribution is -0.137. The maximum atomic E-state index is 11.8. The summed E-state index contributed by atoms with van der Waals surface area (Å²) < 4.78 is 40.4. The van der Waals surface area contributed by atoms with E-state index in [1.807, 2.05) is 13.8 Å². The molecule has 0 saturated carbocycles. The van der Waals surface area contributed by atoms with Crippen LogP contribution in [-0.4, -0.2) is 25.2 Å². The van der Waals surface area contributed by atoms with Crippen LogP contribution >= 0.6 is 0 Å². The maximum absolute atomic E-state index is 11.8. The molecular formula is C11H21F3N2O. The van der Waals surface area contributed by atoms with Gasteiger partial charge in [-0.3, -0.25) is 5.41 Å². The molecule has 17 heavy (non-hydrogen) atoms. The van der Waals surface area contributed by atoms with E-state index in [-0.39, 0.29) is 24.3 Å². The maximum Gasteiger partial charge on any atom is 0.389 e. The molecule has 0 aromatic carbocycles. The van der Waals surface area contributed by atoms with Gasteiger partial charge in [0.15, 0.2) is 0 Å². The Kier molecular flexibility index (Phi) is 6.52. The molecule has 0 bridgehead atoms. The molecule has 0 aromatic heterocycles. The van der Waals surface area contributed by atoms with Gasteiger partial charge in [-0.15, -0.1) is 0 Å². The molecule has 0 atom stereocenters. The van der Waals surface area contributed by atoms with E-state index >= 15 is 0 Å². The van der Waals surface area contributed by atoms with Crippen molar-refractivity contribution in [2.45, 2.75) is 45.7 Å². The van der Waals surface area contributed by atoms with Gasteiger partial charge in [-0.2, -0.15) is 13.2 Å². The fraction of sp³-hybridized carbons (Fsp3) is 0.909. The molecule has 0 fully saturated rings. The predicted octanol–water partition coefficient (Wildman–Crippen LogP) is 3.09. The van der Waals surface area contributed by atoms with Crippen molar-refractivity contribution in [2.75, 3.05) is 13.2 Å². The Bertz CT molecular complexity index is 239. The lowest BCUT2D eigenvalue weighted by Gasteiger charge is -2.22. The van der Waals surface area contributed by atoms with Gasteiger partial charge >= 0.3 is 6.18 Å². The molecule has 102 valence electrons. The molecule has 0 aliphatic heterocycles. The fourth-order valence-corrected chi connectivity index (χ4v) is 1.23.